The van der Waals surface area contributed by atoms with Gasteiger partial charge in [0, 0.05) is 20.8 Å². The summed E-state index contributed by atoms with van der Waals surface area (Å²) >= 11 is 24.3. The SMILES string of the molecule is O=C(On1c2ccccc2c2cc(Cl)ccc21)c1c(Cl)cc(Cl)cc1Cl. The molecule has 0 spiro atoms. The van der Waals surface area contributed by atoms with Crippen LogP contribution in [0.4, 0.5) is 0 Å². The molecule has 1 heterocycles. The van der Waals surface area contributed by atoms with Gasteiger partial charge >= 0.3 is 5.97 Å². The van der Waals surface area contributed by atoms with Crippen LogP contribution in [-0.4, -0.2) is 10.7 Å². The molecule has 7 heteroatoms. The van der Waals surface area contributed by atoms with E-state index in [0.717, 1.165) is 16.3 Å². The summed E-state index contributed by atoms with van der Waals surface area (Å²) in [5, 5.41) is 2.95. The molecule has 4 rings (SSSR count). The third-order valence-corrected chi connectivity index (χ3v) is 5.03. The van der Waals surface area contributed by atoms with Crippen LogP contribution in [0.15, 0.2) is 54.6 Å². The number of nitrogens with zero attached hydrogens (tertiary/aromatic N) is 1. The van der Waals surface area contributed by atoms with Crippen LogP contribution in [0.2, 0.25) is 20.1 Å². The van der Waals surface area contributed by atoms with E-state index in [1.54, 1.807) is 12.1 Å². The van der Waals surface area contributed by atoms with Crippen molar-refractivity contribution in [3.8, 4) is 0 Å². The van der Waals surface area contributed by atoms with Gasteiger partial charge in [-0.05, 0) is 36.4 Å². The lowest BCUT2D eigenvalue weighted by Crippen LogP contribution is -2.20. The molecule has 130 valence electrons. The van der Waals surface area contributed by atoms with Crippen molar-refractivity contribution in [2.45, 2.75) is 0 Å². The smallest absolute Gasteiger partial charge is 0.330 e. The minimum Gasteiger partial charge on any atom is -0.330 e. The molecule has 0 amide bonds. The highest BCUT2D eigenvalue weighted by Crippen LogP contribution is 2.32. The lowest BCUT2D eigenvalue weighted by atomic mass is 10.2. The Labute approximate surface area is 168 Å². The molecule has 0 N–H and O–H groups in total. The summed E-state index contributed by atoms with van der Waals surface area (Å²) in [6.07, 6.45) is 0. The molecule has 0 radical (unpaired) electrons. The lowest BCUT2D eigenvalue weighted by Gasteiger charge is -2.10. The van der Waals surface area contributed by atoms with Crippen molar-refractivity contribution < 1.29 is 9.63 Å². The Morgan fingerprint density at radius 3 is 2.15 bits per heavy atom. The van der Waals surface area contributed by atoms with Crippen molar-refractivity contribution in [1.82, 2.24) is 4.73 Å². The number of carbonyl (C=O) groups excluding carboxylic acids is 1. The minimum absolute atomic E-state index is 0.0534. The van der Waals surface area contributed by atoms with Gasteiger partial charge in [0.1, 0.15) is 0 Å². The van der Waals surface area contributed by atoms with E-state index in [9.17, 15) is 4.79 Å². The number of rotatable bonds is 2. The van der Waals surface area contributed by atoms with Crippen molar-refractivity contribution in [1.29, 1.82) is 0 Å². The van der Waals surface area contributed by atoms with Gasteiger partial charge in [-0.15, -0.1) is 0 Å². The zero-order valence-electron chi connectivity index (χ0n) is 13.0. The zero-order valence-corrected chi connectivity index (χ0v) is 16.0. The standard InChI is InChI=1S/C19H9Cl4NO2/c20-10-5-6-17-13(7-10)12-3-1-2-4-16(12)24(17)26-19(25)18-14(22)8-11(21)9-15(18)23/h1-9H. The predicted octanol–water partition coefficient (Wildman–Crippen LogP) is 6.68. The number of hydrogen-bond acceptors (Lipinski definition) is 2. The summed E-state index contributed by atoms with van der Waals surface area (Å²) in [6, 6.07) is 15.8. The summed E-state index contributed by atoms with van der Waals surface area (Å²) < 4.78 is 1.45. The molecule has 1 aromatic heterocycles. The number of carbonyl (C=O) groups is 1. The Hall–Kier alpha value is -1.91. The molecule has 0 aliphatic rings. The van der Waals surface area contributed by atoms with Gasteiger partial charge in [-0.25, -0.2) is 4.79 Å². The summed E-state index contributed by atoms with van der Waals surface area (Å²) in [4.78, 5) is 18.4. The van der Waals surface area contributed by atoms with E-state index in [1.165, 1.54) is 16.9 Å². The largest absolute Gasteiger partial charge is 0.366 e. The molecule has 0 aliphatic carbocycles. The van der Waals surface area contributed by atoms with Gasteiger partial charge in [0.2, 0.25) is 0 Å². The molecule has 0 bridgehead atoms. The van der Waals surface area contributed by atoms with E-state index in [0.29, 0.717) is 15.6 Å². The number of para-hydroxylation sites is 1. The molecule has 0 saturated heterocycles. The first-order valence-electron chi connectivity index (χ1n) is 7.51. The molecular weight excluding hydrogens is 416 g/mol. The van der Waals surface area contributed by atoms with Crippen LogP contribution < -0.4 is 4.84 Å². The molecule has 3 nitrogen and oxygen atoms in total. The Balaban J connectivity index is 1.88. The van der Waals surface area contributed by atoms with Gasteiger partial charge in [-0.3, -0.25) is 0 Å². The number of halogens is 4. The molecule has 0 aliphatic heterocycles. The van der Waals surface area contributed by atoms with Gasteiger partial charge in [0.25, 0.3) is 0 Å². The highest BCUT2D eigenvalue weighted by molar-refractivity contribution is 6.42. The molecule has 26 heavy (non-hydrogen) atoms. The summed E-state index contributed by atoms with van der Waals surface area (Å²) in [5.41, 5.74) is 1.47. The summed E-state index contributed by atoms with van der Waals surface area (Å²) in [5.74, 6) is -0.686. The van der Waals surface area contributed by atoms with Crippen LogP contribution in [0.3, 0.4) is 0 Å². The van der Waals surface area contributed by atoms with Crippen LogP contribution in [-0.2, 0) is 0 Å². The molecule has 4 aromatic rings. The topological polar surface area (TPSA) is 31.2 Å². The molecule has 0 saturated carbocycles. The lowest BCUT2D eigenvalue weighted by molar-refractivity contribution is 0.0501. The van der Waals surface area contributed by atoms with Gasteiger partial charge in [-0.1, -0.05) is 64.6 Å². The number of aromatic nitrogens is 1. The Morgan fingerprint density at radius 1 is 0.769 bits per heavy atom. The highest BCUT2D eigenvalue weighted by Gasteiger charge is 2.21. The van der Waals surface area contributed by atoms with Crippen LogP contribution in [0.25, 0.3) is 21.8 Å². The van der Waals surface area contributed by atoms with Crippen molar-refractivity contribution in [3.05, 3.63) is 80.3 Å². The zero-order chi connectivity index (χ0) is 18.4. The molecule has 0 unspecified atom stereocenters. The van der Waals surface area contributed by atoms with Gasteiger partial charge in [0.05, 0.1) is 26.6 Å². The fraction of sp³-hybridized carbons (Fsp3) is 0. The first-order valence-corrected chi connectivity index (χ1v) is 9.03. The predicted molar refractivity (Wildman–Crippen MR) is 107 cm³/mol. The third-order valence-electron chi connectivity index (χ3n) is 3.98. The van der Waals surface area contributed by atoms with Gasteiger partial charge in [0.15, 0.2) is 0 Å². The van der Waals surface area contributed by atoms with E-state index < -0.39 is 5.97 Å². The van der Waals surface area contributed by atoms with Crippen LogP contribution in [0.1, 0.15) is 10.4 Å². The van der Waals surface area contributed by atoms with Crippen LogP contribution >= 0.6 is 46.4 Å². The normalized spacial score (nSPS) is 11.2. The fourth-order valence-electron chi connectivity index (χ4n) is 2.87. The van der Waals surface area contributed by atoms with E-state index in [1.807, 2.05) is 30.3 Å². The summed E-state index contributed by atoms with van der Waals surface area (Å²) in [6.45, 7) is 0. The van der Waals surface area contributed by atoms with Crippen LogP contribution in [0.5, 0.6) is 0 Å². The third kappa shape index (κ3) is 2.91. The second-order valence-corrected chi connectivity index (χ2v) is 7.28. The van der Waals surface area contributed by atoms with Gasteiger partial charge in [-0.2, -0.15) is 4.73 Å². The maximum absolute atomic E-state index is 12.7. The monoisotopic (exact) mass is 423 g/mol. The fourth-order valence-corrected chi connectivity index (χ4v) is 4.02. The van der Waals surface area contributed by atoms with E-state index in [2.05, 4.69) is 0 Å². The average Bonchev–Trinajstić information content (AvgIpc) is 2.88. The maximum atomic E-state index is 12.7. The number of fused-ring (bicyclic) bond motifs is 3. The number of hydrogen-bond donors (Lipinski definition) is 0. The van der Waals surface area contributed by atoms with Gasteiger partial charge < -0.3 is 4.84 Å². The molecule has 0 atom stereocenters. The van der Waals surface area contributed by atoms with Crippen molar-refractivity contribution in [2.24, 2.45) is 0 Å². The first kappa shape index (κ1) is 17.5. The van der Waals surface area contributed by atoms with Crippen molar-refractivity contribution in [3.63, 3.8) is 0 Å². The Morgan fingerprint density at radius 2 is 1.42 bits per heavy atom. The number of benzene rings is 3. The second-order valence-electron chi connectivity index (χ2n) is 5.60. The summed E-state index contributed by atoms with van der Waals surface area (Å²) in [7, 11) is 0. The van der Waals surface area contributed by atoms with E-state index in [4.69, 9.17) is 51.2 Å². The van der Waals surface area contributed by atoms with Crippen molar-refractivity contribution >= 4 is 74.2 Å². The average molecular weight is 425 g/mol. The maximum Gasteiger partial charge on any atom is 0.366 e. The molecular formula is C19H9Cl4NO2. The van der Waals surface area contributed by atoms with Crippen LogP contribution in [0, 0.1) is 0 Å². The molecule has 3 aromatic carbocycles. The Kier molecular flexibility index (Phi) is 4.49. The molecule has 0 fully saturated rings. The quantitative estimate of drug-likeness (QED) is 0.359. The first-order chi connectivity index (χ1) is 12.5. The Bertz CT molecular complexity index is 1160. The van der Waals surface area contributed by atoms with E-state index in [-0.39, 0.29) is 15.6 Å². The second kappa shape index (κ2) is 6.67. The van der Waals surface area contributed by atoms with E-state index >= 15 is 0 Å². The minimum atomic E-state index is -0.686. The highest BCUT2D eigenvalue weighted by atomic mass is 35.5. The van der Waals surface area contributed by atoms with Crippen molar-refractivity contribution in [2.75, 3.05) is 0 Å².